The summed E-state index contributed by atoms with van der Waals surface area (Å²) in [5, 5.41) is 2.71. The molecule has 1 aliphatic heterocycles. The van der Waals surface area contributed by atoms with Gasteiger partial charge in [-0.15, -0.1) is 11.3 Å². The number of methoxy groups -OCH3 is 1. The number of benzene rings is 3. The van der Waals surface area contributed by atoms with Gasteiger partial charge in [-0.3, -0.25) is 9.36 Å². The molecule has 1 atom stereocenters. The molecule has 0 saturated heterocycles. The van der Waals surface area contributed by atoms with Crippen LogP contribution in [0.5, 0.6) is 11.5 Å². The van der Waals surface area contributed by atoms with Crippen molar-refractivity contribution in [3.8, 4) is 11.5 Å². The maximum Gasteiger partial charge on any atom is 0.271 e. The molecule has 2 aromatic heterocycles. The van der Waals surface area contributed by atoms with E-state index in [1.54, 1.807) is 18.4 Å². The number of aryl methyl sites for hydroxylation is 1. The van der Waals surface area contributed by atoms with Crippen molar-refractivity contribution in [1.29, 1.82) is 0 Å². The van der Waals surface area contributed by atoms with Crippen LogP contribution in [0.25, 0.3) is 11.8 Å². The molecule has 0 bridgehead atoms. The number of thiazole rings is 1. The topological polar surface area (TPSA) is 52.8 Å². The van der Waals surface area contributed by atoms with Gasteiger partial charge < -0.3 is 9.47 Å². The van der Waals surface area contributed by atoms with Gasteiger partial charge in [-0.2, -0.15) is 0 Å². The number of hydrogen-bond donors (Lipinski definition) is 0. The molecule has 2 aliphatic rings. The summed E-state index contributed by atoms with van der Waals surface area (Å²) >= 11 is 13.1. The third-order valence-electron chi connectivity index (χ3n) is 7.57. The molecule has 0 saturated carbocycles. The number of halogens is 2. The Hall–Kier alpha value is -3.43. The van der Waals surface area contributed by atoms with Gasteiger partial charge in [-0.05, 0) is 81.2 Å². The van der Waals surface area contributed by atoms with Crippen LogP contribution in [0.4, 0.5) is 0 Å². The molecule has 5 nitrogen and oxygen atoms in total. The SMILES string of the molecule is COc1cc(/C=c2/sc3n(c2=O)[C@H](c2cccs2)C2=C(N=3)c3ccccc3CC2)cc(Br)c1OCc1ccccc1Cl. The highest BCUT2D eigenvalue weighted by Crippen LogP contribution is 2.42. The Morgan fingerprint density at radius 2 is 1.93 bits per heavy atom. The van der Waals surface area contributed by atoms with E-state index in [-0.39, 0.29) is 11.6 Å². The molecule has 3 aromatic carbocycles. The average Bonchev–Trinajstić information content (AvgIpc) is 3.64. The first-order chi connectivity index (χ1) is 20.5. The van der Waals surface area contributed by atoms with Crippen LogP contribution in [0, 0.1) is 0 Å². The monoisotopic (exact) mass is 674 g/mol. The van der Waals surface area contributed by atoms with E-state index in [1.165, 1.54) is 28.0 Å². The first-order valence-corrected chi connectivity index (χ1v) is 16.3. The Morgan fingerprint density at radius 3 is 2.74 bits per heavy atom. The van der Waals surface area contributed by atoms with Crippen molar-refractivity contribution in [3.63, 3.8) is 0 Å². The highest BCUT2D eigenvalue weighted by Gasteiger charge is 2.33. The predicted molar refractivity (Wildman–Crippen MR) is 174 cm³/mol. The fraction of sp³-hybridized carbons (Fsp3) is 0.152. The Bertz CT molecular complexity index is 2050. The number of rotatable bonds is 6. The van der Waals surface area contributed by atoms with Crippen molar-refractivity contribution in [2.45, 2.75) is 25.5 Å². The summed E-state index contributed by atoms with van der Waals surface area (Å²) in [6.07, 6.45) is 3.72. The number of aromatic nitrogens is 1. The Morgan fingerprint density at radius 1 is 1.10 bits per heavy atom. The van der Waals surface area contributed by atoms with E-state index in [0.29, 0.717) is 32.5 Å². The Kier molecular flexibility index (Phi) is 7.40. The molecule has 0 N–H and O–H groups in total. The number of ether oxygens (including phenoxy) is 2. The molecule has 42 heavy (non-hydrogen) atoms. The summed E-state index contributed by atoms with van der Waals surface area (Å²) in [6.45, 7) is 0.295. The van der Waals surface area contributed by atoms with Crippen molar-refractivity contribution in [2.75, 3.05) is 7.11 Å². The van der Waals surface area contributed by atoms with E-state index < -0.39 is 0 Å². The van der Waals surface area contributed by atoms with Crippen LogP contribution in [0.1, 0.15) is 39.6 Å². The molecule has 0 unspecified atom stereocenters. The first kappa shape index (κ1) is 27.4. The van der Waals surface area contributed by atoms with Crippen molar-refractivity contribution in [2.24, 2.45) is 4.99 Å². The molecule has 3 heterocycles. The quantitative estimate of drug-likeness (QED) is 0.189. The summed E-state index contributed by atoms with van der Waals surface area (Å²) in [7, 11) is 1.60. The lowest BCUT2D eigenvalue weighted by molar-refractivity contribution is 0.282. The van der Waals surface area contributed by atoms with Crippen LogP contribution in [-0.2, 0) is 13.0 Å². The van der Waals surface area contributed by atoms with Gasteiger partial charge in [0, 0.05) is 21.0 Å². The van der Waals surface area contributed by atoms with Crippen molar-refractivity contribution >= 4 is 62.0 Å². The molecule has 0 amide bonds. The molecular weight excluding hydrogens is 652 g/mol. The summed E-state index contributed by atoms with van der Waals surface area (Å²) < 4.78 is 15.0. The van der Waals surface area contributed by atoms with Crippen LogP contribution in [0.2, 0.25) is 5.02 Å². The second-order valence-electron chi connectivity index (χ2n) is 10.0. The number of fused-ring (bicyclic) bond motifs is 3. The van der Waals surface area contributed by atoms with Gasteiger partial charge in [0.2, 0.25) is 0 Å². The van der Waals surface area contributed by atoms with Gasteiger partial charge in [-0.25, -0.2) is 4.99 Å². The molecule has 210 valence electrons. The molecule has 0 fully saturated rings. The number of allylic oxidation sites excluding steroid dienone is 1. The van der Waals surface area contributed by atoms with E-state index in [9.17, 15) is 4.79 Å². The third kappa shape index (κ3) is 4.86. The smallest absolute Gasteiger partial charge is 0.271 e. The normalized spacial score (nSPS) is 16.0. The minimum atomic E-state index is -0.159. The van der Waals surface area contributed by atoms with Crippen molar-refractivity contribution in [3.05, 3.63) is 140 Å². The van der Waals surface area contributed by atoms with E-state index in [0.717, 1.165) is 39.0 Å². The minimum Gasteiger partial charge on any atom is -0.493 e. The zero-order valence-corrected chi connectivity index (χ0v) is 26.4. The van der Waals surface area contributed by atoms with Gasteiger partial charge >= 0.3 is 0 Å². The predicted octanol–water partition coefficient (Wildman–Crippen LogP) is 7.38. The molecule has 9 heteroatoms. The molecule has 1 aliphatic carbocycles. The largest absolute Gasteiger partial charge is 0.493 e. The van der Waals surface area contributed by atoms with E-state index in [1.807, 2.05) is 53.1 Å². The maximum absolute atomic E-state index is 14.0. The van der Waals surface area contributed by atoms with Crippen LogP contribution in [0.3, 0.4) is 0 Å². The molecule has 0 spiro atoms. The van der Waals surface area contributed by atoms with Gasteiger partial charge in [0.25, 0.3) is 5.56 Å². The third-order valence-corrected chi connectivity index (χ3v) is 10.4. The summed E-state index contributed by atoms with van der Waals surface area (Å²) in [5.41, 5.74) is 6.33. The molecular formula is C33H24BrClN2O3S2. The minimum absolute atomic E-state index is 0.0447. The van der Waals surface area contributed by atoms with Crippen LogP contribution in [-0.4, -0.2) is 11.7 Å². The van der Waals surface area contributed by atoms with Crippen molar-refractivity contribution < 1.29 is 9.47 Å². The summed E-state index contributed by atoms with van der Waals surface area (Å²) in [4.78, 5) is 21.0. The van der Waals surface area contributed by atoms with Gasteiger partial charge in [0.05, 0.1) is 27.9 Å². The average molecular weight is 676 g/mol. The second kappa shape index (κ2) is 11.3. The zero-order chi connectivity index (χ0) is 28.8. The summed E-state index contributed by atoms with van der Waals surface area (Å²) in [6, 6.07) is 23.9. The standard InChI is InChI=1S/C33H24BrClN2O3S2/c1-39-26-16-19(15-24(34)31(26)40-18-21-8-3-5-10-25(21)35)17-28-32(38)37-30(27-11-6-14-41-27)23-13-12-20-7-2-4-9-22(20)29(23)36-33(37)42-28/h2-11,14-17,30H,12-13,18H2,1H3/b28-17+/t30-/m0/s1. The summed E-state index contributed by atoms with van der Waals surface area (Å²) in [5.74, 6) is 1.12. The lowest BCUT2D eigenvalue weighted by atomic mass is 9.85. The van der Waals surface area contributed by atoms with Crippen molar-refractivity contribution in [1.82, 2.24) is 4.57 Å². The molecule has 5 aromatic rings. The molecule has 0 radical (unpaired) electrons. The fourth-order valence-corrected chi connectivity index (χ4v) is 8.21. The van der Waals surface area contributed by atoms with Crippen LogP contribution in [0.15, 0.2) is 98.0 Å². The van der Waals surface area contributed by atoms with Crippen LogP contribution < -0.4 is 24.4 Å². The zero-order valence-electron chi connectivity index (χ0n) is 22.5. The lowest BCUT2D eigenvalue weighted by Crippen LogP contribution is -2.38. The highest BCUT2D eigenvalue weighted by atomic mass is 79.9. The fourth-order valence-electron chi connectivity index (χ4n) is 5.60. The second-order valence-corrected chi connectivity index (χ2v) is 13.3. The van der Waals surface area contributed by atoms with Gasteiger partial charge in [0.15, 0.2) is 16.3 Å². The van der Waals surface area contributed by atoms with E-state index >= 15 is 0 Å². The first-order valence-electron chi connectivity index (χ1n) is 13.4. The van der Waals surface area contributed by atoms with Gasteiger partial charge in [0.1, 0.15) is 6.61 Å². The lowest BCUT2D eigenvalue weighted by Gasteiger charge is -2.30. The van der Waals surface area contributed by atoms with Crippen LogP contribution >= 0.6 is 50.2 Å². The maximum atomic E-state index is 14.0. The number of nitrogens with zero attached hydrogens (tertiary/aromatic N) is 2. The van der Waals surface area contributed by atoms with E-state index in [4.69, 9.17) is 26.1 Å². The van der Waals surface area contributed by atoms with E-state index in [2.05, 4.69) is 51.6 Å². The van der Waals surface area contributed by atoms with Gasteiger partial charge in [-0.1, -0.05) is 71.5 Å². The Labute approximate surface area is 263 Å². The number of hydrogen-bond acceptors (Lipinski definition) is 6. The highest BCUT2D eigenvalue weighted by molar-refractivity contribution is 9.10. The molecule has 7 rings (SSSR count). The number of thiophene rings is 1. The Balaban J connectivity index is 1.31.